The number of aromatic nitrogens is 2. The van der Waals surface area contributed by atoms with Gasteiger partial charge >= 0.3 is 0 Å². The van der Waals surface area contributed by atoms with E-state index in [4.69, 9.17) is 5.73 Å². The van der Waals surface area contributed by atoms with E-state index in [0.29, 0.717) is 11.3 Å². The van der Waals surface area contributed by atoms with Crippen molar-refractivity contribution in [2.75, 3.05) is 5.73 Å². The molecule has 21 heavy (non-hydrogen) atoms. The molecule has 0 radical (unpaired) electrons. The van der Waals surface area contributed by atoms with Crippen molar-refractivity contribution in [2.45, 2.75) is 6.92 Å². The lowest BCUT2D eigenvalue weighted by molar-refractivity contribution is 0.477. The molecule has 0 bridgehead atoms. The van der Waals surface area contributed by atoms with Crippen molar-refractivity contribution >= 4 is 5.95 Å². The lowest BCUT2D eigenvalue weighted by Crippen LogP contribution is -1.98. The SMILES string of the molecule is Cc1cccc(-c2cc(-c3ccccc3O)nc(N)n2)c1. The predicted octanol–water partition coefficient (Wildman–Crippen LogP) is 3.41. The Hall–Kier alpha value is -2.88. The molecule has 0 spiro atoms. The molecule has 1 heterocycles. The minimum absolute atomic E-state index is 0.172. The van der Waals surface area contributed by atoms with Gasteiger partial charge in [-0.2, -0.15) is 0 Å². The molecule has 0 saturated heterocycles. The standard InChI is InChI=1S/C17H15N3O/c1-11-5-4-6-12(9-11)14-10-15(20-17(18)19-14)13-7-2-3-8-16(13)21/h2-10,21H,1H3,(H2,18,19,20). The number of nitrogens with zero attached hydrogens (tertiary/aromatic N) is 2. The molecule has 3 aromatic rings. The zero-order valence-corrected chi connectivity index (χ0v) is 11.6. The molecular weight excluding hydrogens is 262 g/mol. The normalized spacial score (nSPS) is 10.5. The smallest absolute Gasteiger partial charge is 0.221 e. The van der Waals surface area contributed by atoms with Gasteiger partial charge < -0.3 is 10.8 Å². The minimum Gasteiger partial charge on any atom is -0.507 e. The van der Waals surface area contributed by atoms with Crippen molar-refractivity contribution in [1.82, 2.24) is 9.97 Å². The maximum absolute atomic E-state index is 9.96. The third-order valence-electron chi connectivity index (χ3n) is 3.24. The van der Waals surface area contributed by atoms with E-state index in [-0.39, 0.29) is 11.7 Å². The number of hydrogen-bond donors (Lipinski definition) is 2. The van der Waals surface area contributed by atoms with E-state index >= 15 is 0 Å². The first kappa shape index (κ1) is 13.1. The molecule has 0 atom stereocenters. The van der Waals surface area contributed by atoms with Crippen molar-refractivity contribution in [3.63, 3.8) is 0 Å². The zero-order chi connectivity index (χ0) is 14.8. The molecule has 0 aliphatic heterocycles. The van der Waals surface area contributed by atoms with Crippen molar-refractivity contribution in [3.05, 3.63) is 60.2 Å². The number of aryl methyl sites for hydroxylation is 1. The van der Waals surface area contributed by atoms with E-state index in [1.165, 1.54) is 0 Å². The Labute approximate surface area is 122 Å². The molecule has 104 valence electrons. The molecule has 3 N–H and O–H groups in total. The number of phenolic OH excluding ortho intramolecular Hbond substituents is 1. The van der Waals surface area contributed by atoms with Crippen LogP contribution in [0, 0.1) is 6.92 Å². The molecule has 4 heteroatoms. The van der Waals surface area contributed by atoms with E-state index in [2.05, 4.69) is 9.97 Å². The first-order chi connectivity index (χ1) is 10.1. The summed E-state index contributed by atoms with van der Waals surface area (Å²) in [6.07, 6.45) is 0. The van der Waals surface area contributed by atoms with Crippen LogP contribution in [-0.4, -0.2) is 15.1 Å². The summed E-state index contributed by atoms with van der Waals surface area (Å²) in [4.78, 5) is 8.50. The van der Waals surface area contributed by atoms with Gasteiger partial charge in [0.05, 0.1) is 11.4 Å². The van der Waals surface area contributed by atoms with Crippen molar-refractivity contribution in [3.8, 4) is 28.3 Å². The van der Waals surface area contributed by atoms with Crippen LogP contribution in [0.15, 0.2) is 54.6 Å². The summed E-state index contributed by atoms with van der Waals surface area (Å²) in [5, 5.41) is 9.96. The van der Waals surface area contributed by atoms with Gasteiger partial charge in [0, 0.05) is 11.1 Å². The minimum atomic E-state index is 0.172. The highest BCUT2D eigenvalue weighted by Gasteiger charge is 2.09. The van der Waals surface area contributed by atoms with Crippen LogP contribution in [0.3, 0.4) is 0 Å². The number of phenols is 1. The van der Waals surface area contributed by atoms with E-state index in [1.807, 2.05) is 43.3 Å². The van der Waals surface area contributed by atoms with Gasteiger partial charge in [0.25, 0.3) is 0 Å². The highest BCUT2D eigenvalue weighted by Crippen LogP contribution is 2.30. The largest absolute Gasteiger partial charge is 0.507 e. The van der Waals surface area contributed by atoms with Crippen LogP contribution < -0.4 is 5.73 Å². The first-order valence-electron chi connectivity index (χ1n) is 6.63. The van der Waals surface area contributed by atoms with Crippen LogP contribution in [0.25, 0.3) is 22.5 Å². The second kappa shape index (κ2) is 5.25. The van der Waals surface area contributed by atoms with E-state index in [0.717, 1.165) is 16.8 Å². The summed E-state index contributed by atoms with van der Waals surface area (Å²) < 4.78 is 0. The molecule has 4 nitrogen and oxygen atoms in total. The second-order valence-electron chi connectivity index (χ2n) is 4.88. The summed E-state index contributed by atoms with van der Waals surface area (Å²) in [6, 6.07) is 16.9. The lowest BCUT2D eigenvalue weighted by Gasteiger charge is -2.08. The zero-order valence-electron chi connectivity index (χ0n) is 11.6. The van der Waals surface area contributed by atoms with E-state index < -0.39 is 0 Å². The number of nitrogen functional groups attached to an aromatic ring is 1. The van der Waals surface area contributed by atoms with Crippen LogP contribution in [0.5, 0.6) is 5.75 Å². The Morgan fingerprint density at radius 2 is 1.67 bits per heavy atom. The summed E-state index contributed by atoms with van der Waals surface area (Å²) >= 11 is 0. The molecule has 3 rings (SSSR count). The molecule has 0 aliphatic rings. The molecule has 0 aliphatic carbocycles. The molecule has 1 aromatic heterocycles. The van der Waals surface area contributed by atoms with Gasteiger partial charge in [-0.15, -0.1) is 0 Å². The third kappa shape index (κ3) is 2.69. The van der Waals surface area contributed by atoms with Gasteiger partial charge in [-0.1, -0.05) is 35.9 Å². The summed E-state index contributed by atoms with van der Waals surface area (Å²) in [7, 11) is 0. The molecule has 2 aromatic carbocycles. The van der Waals surface area contributed by atoms with Gasteiger partial charge in [0.2, 0.25) is 5.95 Å². The van der Waals surface area contributed by atoms with Gasteiger partial charge in [-0.3, -0.25) is 0 Å². The molecular formula is C17H15N3O. The van der Waals surface area contributed by atoms with Crippen molar-refractivity contribution in [1.29, 1.82) is 0 Å². The highest BCUT2D eigenvalue weighted by molar-refractivity contribution is 5.72. The quantitative estimate of drug-likeness (QED) is 0.753. The fourth-order valence-corrected chi connectivity index (χ4v) is 2.25. The first-order valence-corrected chi connectivity index (χ1v) is 6.63. The molecule has 0 saturated carbocycles. The van der Waals surface area contributed by atoms with Crippen LogP contribution >= 0.6 is 0 Å². The highest BCUT2D eigenvalue weighted by atomic mass is 16.3. The average Bonchev–Trinajstić information content (AvgIpc) is 2.47. The number of nitrogens with two attached hydrogens (primary N) is 1. The number of hydrogen-bond acceptors (Lipinski definition) is 4. The third-order valence-corrected chi connectivity index (χ3v) is 3.24. The fraction of sp³-hybridized carbons (Fsp3) is 0.0588. The fourth-order valence-electron chi connectivity index (χ4n) is 2.25. The number of rotatable bonds is 2. The van der Waals surface area contributed by atoms with Crippen LogP contribution in [0.1, 0.15) is 5.56 Å². The van der Waals surface area contributed by atoms with Gasteiger partial charge in [-0.05, 0) is 31.2 Å². The topological polar surface area (TPSA) is 72.0 Å². The Kier molecular flexibility index (Phi) is 3.28. The average molecular weight is 277 g/mol. The molecule has 0 amide bonds. The van der Waals surface area contributed by atoms with Crippen molar-refractivity contribution in [2.24, 2.45) is 0 Å². The maximum atomic E-state index is 9.96. The van der Waals surface area contributed by atoms with Crippen LogP contribution in [-0.2, 0) is 0 Å². The van der Waals surface area contributed by atoms with E-state index in [9.17, 15) is 5.11 Å². The van der Waals surface area contributed by atoms with Crippen LogP contribution in [0.2, 0.25) is 0 Å². The Bertz CT molecular complexity index is 800. The number of anilines is 1. The number of benzene rings is 2. The van der Waals surface area contributed by atoms with Gasteiger partial charge in [-0.25, -0.2) is 9.97 Å². The van der Waals surface area contributed by atoms with Crippen molar-refractivity contribution < 1.29 is 5.11 Å². The number of para-hydroxylation sites is 1. The predicted molar refractivity (Wildman–Crippen MR) is 83.7 cm³/mol. The maximum Gasteiger partial charge on any atom is 0.221 e. The number of aromatic hydroxyl groups is 1. The van der Waals surface area contributed by atoms with Gasteiger partial charge in [0.1, 0.15) is 5.75 Å². The van der Waals surface area contributed by atoms with Crippen LogP contribution in [0.4, 0.5) is 5.95 Å². The summed E-state index contributed by atoms with van der Waals surface area (Å²) in [5.74, 6) is 0.359. The van der Waals surface area contributed by atoms with Gasteiger partial charge in [0.15, 0.2) is 0 Å². The summed E-state index contributed by atoms with van der Waals surface area (Å²) in [6.45, 7) is 2.03. The Morgan fingerprint density at radius 3 is 2.43 bits per heavy atom. The Balaban J connectivity index is 2.15. The Morgan fingerprint density at radius 1 is 0.905 bits per heavy atom. The monoisotopic (exact) mass is 277 g/mol. The lowest BCUT2D eigenvalue weighted by atomic mass is 10.1. The molecule has 0 fully saturated rings. The second-order valence-corrected chi connectivity index (χ2v) is 4.88. The molecule has 0 unspecified atom stereocenters. The summed E-state index contributed by atoms with van der Waals surface area (Å²) in [5.41, 5.74) is 9.93. The van der Waals surface area contributed by atoms with E-state index in [1.54, 1.807) is 18.2 Å².